The third kappa shape index (κ3) is 9.41. The molecule has 0 aliphatic carbocycles. The van der Waals surface area contributed by atoms with Crippen LogP contribution in [0.1, 0.15) is 79.1 Å². The molecule has 0 radical (unpaired) electrons. The number of unbranched alkanes of at least 4 members (excludes halogenated alkanes) is 4. The molecule has 0 rings (SSSR count). The van der Waals surface area contributed by atoms with Crippen molar-refractivity contribution in [3.05, 3.63) is 0 Å². The third-order valence-electron chi connectivity index (χ3n) is 3.94. The van der Waals surface area contributed by atoms with Gasteiger partial charge in [-0.2, -0.15) is 0 Å². The van der Waals surface area contributed by atoms with Crippen LogP contribution in [-0.4, -0.2) is 47.7 Å². The Bertz CT molecular complexity index is 122. The van der Waals surface area contributed by atoms with Crippen LogP contribution in [0.5, 0.6) is 0 Å². The van der Waals surface area contributed by atoms with Gasteiger partial charge in [0.2, 0.25) is 0 Å². The van der Waals surface area contributed by atoms with Crippen LogP contribution in [0, 0.1) is 0 Å². The number of quaternary nitrogens is 1. The van der Waals surface area contributed by atoms with Crippen molar-refractivity contribution in [1.82, 2.24) is 0 Å². The van der Waals surface area contributed by atoms with E-state index in [4.69, 9.17) is 0 Å². The SMILES string of the molecule is CCCC[N+](CCCC)(CCCC)CCCC.[SeH-]. The van der Waals surface area contributed by atoms with Crippen LogP contribution in [0.4, 0.5) is 0 Å². The number of nitrogens with zero attached hydrogens (tertiary/aromatic N) is 1. The van der Waals surface area contributed by atoms with E-state index in [1.165, 1.54) is 82.0 Å². The second kappa shape index (κ2) is 13.9. The van der Waals surface area contributed by atoms with Crippen molar-refractivity contribution in [2.24, 2.45) is 0 Å². The van der Waals surface area contributed by atoms with Crippen LogP contribution in [0.25, 0.3) is 0 Å². The standard InChI is InChI=1S/C16H36N.H2Se/c1-5-9-13-17(14-10-6-2,15-11-7-3)16-12-8-4;/h5-16H2,1-4H3;1H2/q+1;/p-1. The molecule has 112 valence electrons. The summed E-state index contributed by atoms with van der Waals surface area (Å²) in [7, 11) is 0. The molecular formula is C16H37NSe. The van der Waals surface area contributed by atoms with Crippen molar-refractivity contribution in [3.8, 4) is 0 Å². The third-order valence-corrected chi connectivity index (χ3v) is 3.94. The van der Waals surface area contributed by atoms with Gasteiger partial charge in [0.05, 0.1) is 26.2 Å². The zero-order valence-corrected chi connectivity index (χ0v) is 15.3. The van der Waals surface area contributed by atoms with Crippen molar-refractivity contribution in [2.45, 2.75) is 79.1 Å². The maximum atomic E-state index is 2.33. The minimum absolute atomic E-state index is 0. The van der Waals surface area contributed by atoms with Crippen molar-refractivity contribution in [3.63, 3.8) is 0 Å². The molecule has 0 N–H and O–H groups in total. The van der Waals surface area contributed by atoms with Crippen LogP contribution >= 0.6 is 0 Å². The summed E-state index contributed by atoms with van der Waals surface area (Å²) in [4.78, 5) is 0. The molecule has 0 atom stereocenters. The Hall–Kier alpha value is 0.479. The Labute approximate surface area is 127 Å². The summed E-state index contributed by atoms with van der Waals surface area (Å²) in [5.74, 6) is 0. The van der Waals surface area contributed by atoms with Gasteiger partial charge in [-0.1, -0.05) is 53.4 Å². The van der Waals surface area contributed by atoms with Gasteiger partial charge in [-0.3, -0.25) is 0 Å². The molecule has 0 unspecified atom stereocenters. The summed E-state index contributed by atoms with van der Waals surface area (Å²) >= 11 is 0. The molecule has 0 bridgehead atoms. The fourth-order valence-corrected chi connectivity index (χ4v) is 2.64. The summed E-state index contributed by atoms with van der Waals surface area (Å²) < 4.78 is 1.42. The average molecular weight is 322 g/mol. The Morgan fingerprint density at radius 2 is 0.722 bits per heavy atom. The first-order valence-electron chi connectivity index (χ1n) is 8.09. The molecule has 18 heavy (non-hydrogen) atoms. The Morgan fingerprint density at radius 3 is 0.889 bits per heavy atom. The fraction of sp³-hybridized carbons (Fsp3) is 1.00. The molecular weight excluding hydrogens is 285 g/mol. The van der Waals surface area contributed by atoms with Gasteiger partial charge in [0.25, 0.3) is 0 Å². The van der Waals surface area contributed by atoms with Crippen molar-refractivity contribution in [2.75, 3.05) is 26.2 Å². The molecule has 0 spiro atoms. The van der Waals surface area contributed by atoms with Gasteiger partial charge in [-0.05, 0) is 25.7 Å². The normalized spacial score (nSPS) is 11.3. The molecule has 0 aromatic carbocycles. The second-order valence-electron chi connectivity index (χ2n) is 5.65. The molecule has 2 heteroatoms. The van der Waals surface area contributed by atoms with Crippen LogP contribution in [0.15, 0.2) is 0 Å². The van der Waals surface area contributed by atoms with Gasteiger partial charge in [-0.15, -0.1) is 0 Å². The van der Waals surface area contributed by atoms with Crippen LogP contribution in [0.2, 0.25) is 0 Å². The average Bonchev–Trinajstić information content (AvgIpc) is 2.37. The van der Waals surface area contributed by atoms with E-state index in [1.807, 2.05) is 0 Å². The molecule has 0 heterocycles. The quantitative estimate of drug-likeness (QED) is 0.370. The Balaban J connectivity index is 0. The van der Waals surface area contributed by atoms with E-state index in [9.17, 15) is 0 Å². The van der Waals surface area contributed by atoms with Crippen molar-refractivity contribution >= 4 is 17.1 Å². The fourth-order valence-electron chi connectivity index (χ4n) is 2.64. The first-order valence-corrected chi connectivity index (χ1v) is 8.09. The molecule has 0 aromatic rings. The van der Waals surface area contributed by atoms with Crippen LogP contribution in [-0.2, 0) is 0 Å². The molecule has 0 aliphatic heterocycles. The zero-order chi connectivity index (χ0) is 13.0. The van der Waals surface area contributed by atoms with Gasteiger partial charge in [-0.25, -0.2) is 0 Å². The summed E-state index contributed by atoms with van der Waals surface area (Å²) in [5, 5.41) is 0. The topological polar surface area (TPSA) is 0 Å². The van der Waals surface area contributed by atoms with Crippen LogP contribution < -0.4 is 0 Å². The van der Waals surface area contributed by atoms with E-state index in [0.29, 0.717) is 0 Å². The number of hydrogen-bond acceptors (Lipinski definition) is 0. The molecule has 1 nitrogen and oxygen atoms in total. The van der Waals surface area contributed by atoms with E-state index in [0.717, 1.165) is 0 Å². The zero-order valence-electron chi connectivity index (χ0n) is 13.4. The molecule has 0 fully saturated rings. The van der Waals surface area contributed by atoms with Gasteiger partial charge < -0.3 is 4.48 Å². The van der Waals surface area contributed by atoms with E-state index in [-0.39, 0.29) is 17.1 Å². The van der Waals surface area contributed by atoms with Gasteiger partial charge >= 0.3 is 17.1 Å². The minimum atomic E-state index is 0. The molecule has 0 aromatic heterocycles. The van der Waals surface area contributed by atoms with Gasteiger partial charge in [0.15, 0.2) is 0 Å². The molecule has 0 amide bonds. The number of rotatable bonds is 12. The summed E-state index contributed by atoms with van der Waals surface area (Å²) in [5.41, 5.74) is 0. The monoisotopic (exact) mass is 323 g/mol. The first kappa shape index (κ1) is 20.8. The van der Waals surface area contributed by atoms with E-state index in [1.54, 1.807) is 0 Å². The second-order valence-corrected chi connectivity index (χ2v) is 5.65. The molecule has 0 aliphatic rings. The summed E-state index contributed by atoms with van der Waals surface area (Å²) in [6, 6.07) is 0. The summed E-state index contributed by atoms with van der Waals surface area (Å²) in [6.07, 6.45) is 11.1. The van der Waals surface area contributed by atoms with Crippen LogP contribution in [0.3, 0.4) is 0 Å². The number of hydrogen-bond donors (Lipinski definition) is 0. The van der Waals surface area contributed by atoms with Gasteiger partial charge in [0.1, 0.15) is 0 Å². The van der Waals surface area contributed by atoms with E-state index >= 15 is 0 Å². The van der Waals surface area contributed by atoms with E-state index in [2.05, 4.69) is 27.7 Å². The van der Waals surface area contributed by atoms with Gasteiger partial charge in [0, 0.05) is 0 Å². The molecule has 0 saturated carbocycles. The van der Waals surface area contributed by atoms with Crippen molar-refractivity contribution in [1.29, 1.82) is 0 Å². The van der Waals surface area contributed by atoms with Crippen molar-refractivity contribution < 1.29 is 4.48 Å². The maximum absolute atomic E-state index is 2.33. The molecule has 0 saturated heterocycles. The summed E-state index contributed by atoms with van der Waals surface area (Å²) in [6.45, 7) is 15.0. The Kier molecular flexibility index (Phi) is 16.1. The predicted octanol–water partition coefficient (Wildman–Crippen LogP) is 4.36. The first-order chi connectivity index (χ1) is 8.24. The van der Waals surface area contributed by atoms with E-state index < -0.39 is 0 Å². The Morgan fingerprint density at radius 1 is 0.500 bits per heavy atom. The predicted molar refractivity (Wildman–Crippen MR) is 86.5 cm³/mol.